The van der Waals surface area contributed by atoms with Crippen LogP contribution >= 0.6 is 0 Å². The Morgan fingerprint density at radius 1 is 0.963 bits per heavy atom. The number of carbonyl (C=O) groups excluding carboxylic acids is 2. The minimum atomic E-state index is -2.59. The minimum absolute atomic E-state index is 0.0934. The predicted molar refractivity (Wildman–Crippen MR) is 106 cm³/mol. The van der Waals surface area contributed by atoms with E-state index in [2.05, 4.69) is 17.2 Å². The van der Waals surface area contributed by atoms with Gasteiger partial charge in [-0.05, 0) is 40.5 Å². The number of nitrogens with one attached hydrogen (secondary N) is 2. The number of hydrogen-bond donors (Lipinski definition) is 2. The van der Waals surface area contributed by atoms with E-state index in [-0.39, 0.29) is 19.1 Å². The molecular formula is C18H36N2O6Si. The van der Waals surface area contributed by atoms with Crippen LogP contribution in [-0.2, 0) is 27.6 Å². The van der Waals surface area contributed by atoms with Crippen LogP contribution in [0.5, 0.6) is 0 Å². The van der Waals surface area contributed by atoms with E-state index in [1.807, 2.05) is 20.8 Å². The summed E-state index contributed by atoms with van der Waals surface area (Å²) >= 11 is 0. The summed E-state index contributed by atoms with van der Waals surface area (Å²) in [6.45, 7) is 14.0. The lowest BCUT2D eigenvalue weighted by molar-refractivity contribution is -0.138. The van der Waals surface area contributed by atoms with E-state index in [0.717, 1.165) is 18.9 Å². The summed E-state index contributed by atoms with van der Waals surface area (Å²) in [6, 6.07) is 0.741. The quantitative estimate of drug-likeness (QED) is 0.165. The molecule has 8 nitrogen and oxygen atoms in total. The van der Waals surface area contributed by atoms with Crippen molar-refractivity contribution >= 4 is 20.7 Å². The topological polar surface area (TPSA) is 95.1 Å². The standard InChI is InChI=1S/C18H36N2O6Si/c1-6-24-27(25-7-2,26-8-3)14-10-9-11-20-17(21)15-19-12-13-23-18(22)16(4)5/h19H,4,6-15H2,1-3,5H3,(H,20,21). The van der Waals surface area contributed by atoms with Crippen molar-refractivity contribution in [3.05, 3.63) is 12.2 Å². The second kappa shape index (κ2) is 15.8. The maximum absolute atomic E-state index is 11.8. The first-order valence-corrected chi connectivity index (χ1v) is 11.6. The fourth-order valence-corrected chi connectivity index (χ4v) is 4.98. The van der Waals surface area contributed by atoms with Crippen LogP contribution < -0.4 is 10.6 Å². The molecule has 0 saturated heterocycles. The van der Waals surface area contributed by atoms with Crippen LogP contribution in [0.15, 0.2) is 12.2 Å². The molecule has 0 aromatic rings. The van der Waals surface area contributed by atoms with Crippen LogP contribution in [0.2, 0.25) is 6.04 Å². The summed E-state index contributed by atoms with van der Waals surface area (Å²) in [5.74, 6) is -0.517. The summed E-state index contributed by atoms with van der Waals surface area (Å²) in [5.41, 5.74) is 0.359. The molecule has 0 bridgehead atoms. The van der Waals surface area contributed by atoms with Gasteiger partial charge in [0.2, 0.25) is 5.91 Å². The Labute approximate surface area is 164 Å². The highest BCUT2D eigenvalue weighted by Crippen LogP contribution is 2.19. The van der Waals surface area contributed by atoms with Crippen LogP contribution in [0.1, 0.15) is 40.5 Å². The van der Waals surface area contributed by atoms with Crippen LogP contribution in [-0.4, -0.2) is 66.7 Å². The van der Waals surface area contributed by atoms with E-state index in [1.165, 1.54) is 0 Å². The van der Waals surface area contributed by atoms with Crippen LogP contribution in [0.4, 0.5) is 0 Å². The highest BCUT2D eigenvalue weighted by Gasteiger charge is 2.39. The van der Waals surface area contributed by atoms with Crippen molar-refractivity contribution in [3.8, 4) is 0 Å². The first-order chi connectivity index (χ1) is 12.9. The molecule has 0 aliphatic heterocycles. The molecular weight excluding hydrogens is 368 g/mol. The summed E-state index contributed by atoms with van der Waals surface area (Å²) in [7, 11) is -2.59. The summed E-state index contributed by atoms with van der Waals surface area (Å²) in [4.78, 5) is 22.9. The van der Waals surface area contributed by atoms with Gasteiger partial charge in [0.1, 0.15) is 6.61 Å². The SMILES string of the molecule is C=C(C)C(=O)OCCNCC(=O)NCCCC[Si](OCC)(OCC)OCC. The molecule has 0 aromatic heterocycles. The average molecular weight is 405 g/mol. The molecule has 0 atom stereocenters. The number of amides is 1. The average Bonchev–Trinajstić information content (AvgIpc) is 2.61. The van der Waals surface area contributed by atoms with E-state index in [1.54, 1.807) is 6.92 Å². The molecule has 27 heavy (non-hydrogen) atoms. The number of ether oxygens (including phenoxy) is 1. The van der Waals surface area contributed by atoms with Gasteiger partial charge in [-0.3, -0.25) is 4.79 Å². The van der Waals surface area contributed by atoms with Gasteiger partial charge >= 0.3 is 14.8 Å². The first-order valence-electron chi connectivity index (χ1n) is 9.62. The Hall–Kier alpha value is -1.26. The summed E-state index contributed by atoms with van der Waals surface area (Å²) in [5, 5.41) is 5.78. The van der Waals surface area contributed by atoms with Crippen LogP contribution in [0.25, 0.3) is 0 Å². The molecule has 0 heterocycles. The fraction of sp³-hybridized carbons (Fsp3) is 0.778. The van der Waals surface area contributed by atoms with Crippen molar-refractivity contribution in [3.63, 3.8) is 0 Å². The number of carbonyl (C=O) groups is 2. The third-order valence-corrected chi connectivity index (χ3v) is 6.62. The predicted octanol–water partition coefficient (Wildman–Crippen LogP) is 1.64. The normalized spacial score (nSPS) is 11.3. The second-order valence-electron chi connectivity index (χ2n) is 5.88. The number of esters is 1. The highest BCUT2D eigenvalue weighted by molar-refractivity contribution is 6.60. The fourth-order valence-electron chi connectivity index (χ4n) is 2.30. The molecule has 0 fully saturated rings. The zero-order valence-corrected chi connectivity index (χ0v) is 18.2. The summed E-state index contributed by atoms with van der Waals surface area (Å²) in [6.07, 6.45) is 1.68. The van der Waals surface area contributed by atoms with Gasteiger partial charge in [0.25, 0.3) is 0 Å². The monoisotopic (exact) mass is 404 g/mol. The van der Waals surface area contributed by atoms with E-state index < -0.39 is 14.8 Å². The lowest BCUT2D eigenvalue weighted by atomic mass is 10.3. The first kappa shape index (κ1) is 25.7. The molecule has 0 unspecified atom stereocenters. The minimum Gasteiger partial charge on any atom is -0.461 e. The zero-order valence-electron chi connectivity index (χ0n) is 17.2. The largest absolute Gasteiger partial charge is 0.500 e. The van der Waals surface area contributed by atoms with E-state index in [9.17, 15) is 9.59 Å². The molecule has 0 aliphatic carbocycles. The Balaban J connectivity index is 3.87. The van der Waals surface area contributed by atoms with Crippen LogP contribution in [0, 0.1) is 0 Å². The van der Waals surface area contributed by atoms with Gasteiger partial charge in [-0.25, -0.2) is 4.79 Å². The molecule has 0 aliphatic rings. The molecule has 158 valence electrons. The molecule has 0 aromatic carbocycles. The molecule has 0 saturated carbocycles. The molecule has 9 heteroatoms. The smallest absolute Gasteiger partial charge is 0.461 e. The van der Waals surface area contributed by atoms with Crippen molar-refractivity contribution in [1.82, 2.24) is 10.6 Å². The lowest BCUT2D eigenvalue weighted by Gasteiger charge is -2.28. The third kappa shape index (κ3) is 12.7. The van der Waals surface area contributed by atoms with Gasteiger partial charge in [-0.1, -0.05) is 6.58 Å². The number of rotatable bonds is 17. The Bertz CT molecular complexity index is 431. The maximum Gasteiger partial charge on any atom is 0.500 e. The molecule has 1 amide bonds. The van der Waals surface area contributed by atoms with Crippen molar-refractivity contribution in [2.24, 2.45) is 0 Å². The van der Waals surface area contributed by atoms with Gasteiger partial charge in [-0.15, -0.1) is 0 Å². The Morgan fingerprint density at radius 3 is 2.07 bits per heavy atom. The van der Waals surface area contributed by atoms with Gasteiger partial charge in [0.05, 0.1) is 6.54 Å². The molecule has 0 rings (SSSR count). The lowest BCUT2D eigenvalue weighted by Crippen LogP contribution is -2.46. The van der Waals surface area contributed by atoms with Crippen molar-refractivity contribution in [2.45, 2.75) is 46.6 Å². The molecule has 0 radical (unpaired) electrons. The molecule has 2 N–H and O–H groups in total. The van der Waals surface area contributed by atoms with Gasteiger partial charge in [0.15, 0.2) is 0 Å². The van der Waals surface area contributed by atoms with Crippen molar-refractivity contribution < 1.29 is 27.6 Å². The molecule has 0 spiro atoms. The second-order valence-corrected chi connectivity index (χ2v) is 8.61. The third-order valence-electron chi connectivity index (χ3n) is 3.47. The van der Waals surface area contributed by atoms with Crippen molar-refractivity contribution in [2.75, 3.05) is 46.1 Å². The number of hydrogen-bond acceptors (Lipinski definition) is 7. The number of unbranched alkanes of at least 4 members (excludes halogenated alkanes) is 1. The van der Waals surface area contributed by atoms with E-state index in [4.69, 9.17) is 18.0 Å². The van der Waals surface area contributed by atoms with Crippen LogP contribution in [0.3, 0.4) is 0 Å². The van der Waals surface area contributed by atoms with E-state index in [0.29, 0.717) is 38.5 Å². The Morgan fingerprint density at radius 2 is 1.56 bits per heavy atom. The Kier molecular flexibility index (Phi) is 15.0. The van der Waals surface area contributed by atoms with E-state index >= 15 is 0 Å². The van der Waals surface area contributed by atoms with Gasteiger partial charge in [0, 0.05) is 44.5 Å². The van der Waals surface area contributed by atoms with Gasteiger partial charge < -0.3 is 28.6 Å². The maximum atomic E-state index is 11.8. The van der Waals surface area contributed by atoms with Crippen molar-refractivity contribution in [1.29, 1.82) is 0 Å². The highest BCUT2D eigenvalue weighted by atomic mass is 28.4. The zero-order chi connectivity index (χ0) is 20.5. The van der Waals surface area contributed by atoms with Gasteiger partial charge in [-0.2, -0.15) is 0 Å². The summed E-state index contributed by atoms with van der Waals surface area (Å²) < 4.78 is 22.3.